The second kappa shape index (κ2) is 26.4. The maximum absolute atomic E-state index is 14.3. The molecule has 0 bridgehead atoms. The molecule has 104 heavy (non-hydrogen) atoms. The lowest BCUT2D eigenvalue weighted by Gasteiger charge is -2.26. The standard InChI is InChI=1S/C88H56F6N10/c1-53-19-39-71(78(47-53)88(92,93)94)70-41-42-75-84-73(70)16-10-18-79(84)99-86(75)102-82-46-29-60(52-98-82)56-22-33-65(34-23-56)104(63-13-7-4-8-14-63)67-37-26-58(27-38-67)77(50-96)76(49-95)57-24-35-66(36-25-57)103(62-11-5-3-6-12-62)64-31-20-55(21-32-64)59-28-45-81(97-51-59)101-85-74-17-9-15-72-69(43-44-80(100-85)83(72)74)68-40-30-61(48-54(68)2)87(89,90)91/h3-48,51-52H,1-2H3,(H,97,100,101)(H,98,99,102)/b77-76+. The van der Waals surface area contributed by atoms with Crippen LogP contribution in [-0.2, 0) is 12.4 Å². The smallest absolute Gasteiger partial charge is 0.339 e. The molecular formula is C88H56F6N10. The maximum Gasteiger partial charge on any atom is 0.417 e. The minimum Gasteiger partial charge on any atom is -0.339 e. The van der Waals surface area contributed by atoms with Gasteiger partial charge in [-0.25, -0.2) is 20.0 Å². The summed E-state index contributed by atoms with van der Waals surface area (Å²) in [6.45, 7) is 3.35. The van der Waals surface area contributed by atoms with Gasteiger partial charge >= 0.3 is 12.4 Å². The van der Waals surface area contributed by atoms with Gasteiger partial charge in [-0.15, -0.1) is 0 Å². The normalized spacial score (nSPS) is 13.3. The quantitative estimate of drug-likeness (QED) is 0.0626. The first-order valence-corrected chi connectivity index (χ1v) is 33.3. The Morgan fingerprint density at radius 2 is 0.788 bits per heavy atom. The van der Waals surface area contributed by atoms with Crippen molar-refractivity contribution in [2.24, 2.45) is 9.98 Å². The van der Waals surface area contributed by atoms with Gasteiger partial charge in [-0.2, -0.15) is 36.9 Å². The van der Waals surface area contributed by atoms with Crippen molar-refractivity contribution in [3.05, 3.63) is 336 Å². The zero-order chi connectivity index (χ0) is 71.4. The van der Waals surface area contributed by atoms with Gasteiger partial charge in [0, 0.05) is 90.9 Å². The fraction of sp³-hybridized carbons (Fsp3) is 0.0455. The highest BCUT2D eigenvalue weighted by molar-refractivity contribution is 6.29. The lowest BCUT2D eigenvalue weighted by atomic mass is 9.91. The lowest BCUT2D eigenvalue weighted by Crippen LogP contribution is -2.10. The number of rotatable bonds is 14. The van der Waals surface area contributed by atoms with Crippen molar-refractivity contribution >= 4 is 101 Å². The zero-order valence-electron chi connectivity index (χ0n) is 55.6. The van der Waals surface area contributed by atoms with Crippen LogP contribution in [0, 0.1) is 36.5 Å². The second-order valence-electron chi connectivity index (χ2n) is 25.3. The molecule has 0 spiro atoms. The molecule has 2 aromatic heterocycles. The van der Waals surface area contributed by atoms with Gasteiger partial charge in [0.1, 0.15) is 23.8 Å². The number of hydrogen-bond donors (Lipinski definition) is 2. The Labute approximate surface area is 594 Å². The Balaban J connectivity index is 0.613. The average Bonchev–Trinajstić information content (AvgIpc) is 1.41. The Hall–Kier alpha value is -13.7. The first-order valence-electron chi connectivity index (χ1n) is 33.3. The molecule has 0 saturated heterocycles. The molecule has 500 valence electrons. The van der Waals surface area contributed by atoms with Crippen molar-refractivity contribution in [1.29, 1.82) is 10.5 Å². The Kier molecular flexibility index (Phi) is 16.5. The van der Waals surface area contributed by atoms with Crippen LogP contribution in [0.1, 0.15) is 44.5 Å². The van der Waals surface area contributed by atoms with E-state index in [4.69, 9.17) is 20.0 Å². The topological polar surface area (TPSA) is 129 Å². The molecular weight excluding hydrogens is 1310 g/mol. The molecule has 2 aliphatic heterocycles. The van der Waals surface area contributed by atoms with Crippen LogP contribution in [-0.4, -0.2) is 21.6 Å². The third kappa shape index (κ3) is 12.3. The minimum absolute atomic E-state index is 0.120. The number of aromatic nitrogens is 2. The summed E-state index contributed by atoms with van der Waals surface area (Å²) < 4.78 is 83.6. The number of alkyl halides is 6. The fourth-order valence-electron chi connectivity index (χ4n) is 13.9. The van der Waals surface area contributed by atoms with E-state index in [1.165, 1.54) is 24.3 Å². The highest BCUT2D eigenvalue weighted by atomic mass is 19.4. The molecule has 0 fully saturated rings. The molecule has 0 atom stereocenters. The molecule has 0 amide bonds. The fourth-order valence-corrected chi connectivity index (χ4v) is 13.9. The monoisotopic (exact) mass is 1370 g/mol. The van der Waals surface area contributed by atoms with Gasteiger partial charge in [0.25, 0.3) is 0 Å². The van der Waals surface area contributed by atoms with E-state index in [1.807, 2.05) is 237 Å². The van der Waals surface area contributed by atoms with Gasteiger partial charge in [0.2, 0.25) is 0 Å². The largest absolute Gasteiger partial charge is 0.417 e. The van der Waals surface area contributed by atoms with Crippen LogP contribution < -0.4 is 20.4 Å². The second-order valence-corrected chi connectivity index (χ2v) is 25.3. The molecule has 14 aromatic rings. The predicted octanol–water partition coefficient (Wildman–Crippen LogP) is 24.0. The van der Waals surface area contributed by atoms with E-state index < -0.39 is 23.5 Å². The number of pyridine rings is 2. The highest BCUT2D eigenvalue weighted by Gasteiger charge is 2.35. The summed E-state index contributed by atoms with van der Waals surface area (Å²) in [6.07, 6.45) is -5.41. The molecule has 2 aliphatic rings. The molecule has 0 saturated carbocycles. The van der Waals surface area contributed by atoms with Crippen LogP contribution in [0.4, 0.5) is 83.5 Å². The molecule has 16 heteroatoms. The van der Waals surface area contributed by atoms with Crippen LogP contribution >= 0.6 is 0 Å². The molecule has 0 unspecified atom stereocenters. The maximum atomic E-state index is 14.3. The number of nitriles is 2. The van der Waals surface area contributed by atoms with Gasteiger partial charge in [0.15, 0.2) is 11.6 Å². The van der Waals surface area contributed by atoms with Crippen LogP contribution in [0.25, 0.3) is 77.2 Å². The van der Waals surface area contributed by atoms with E-state index in [0.717, 1.165) is 112 Å². The number of benzene rings is 12. The van der Waals surface area contributed by atoms with Crippen molar-refractivity contribution < 1.29 is 26.3 Å². The summed E-state index contributed by atoms with van der Waals surface area (Å²) in [5.74, 6) is 2.10. The molecule has 12 aromatic carbocycles. The van der Waals surface area contributed by atoms with Crippen molar-refractivity contribution in [2.75, 3.05) is 20.4 Å². The number of para-hydroxylation sites is 2. The van der Waals surface area contributed by atoms with Crippen molar-refractivity contribution in [1.82, 2.24) is 9.97 Å². The van der Waals surface area contributed by atoms with Gasteiger partial charge < -0.3 is 20.4 Å². The number of aryl methyl sites for hydroxylation is 2. The van der Waals surface area contributed by atoms with Crippen molar-refractivity contribution in [3.8, 4) is 56.6 Å². The minimum atomic E-state index is -4.53. The SMILES string of the molecule is Cc1ccc(-c2ccc3c4c(cccc24)NC3=Nc2ccc(-c3ccc(N(c4ccccc4)c4ccc(/C(C#N)=C(\C#N)c5ccc(N(c6ccccc6)c6ccc(-c7ccc(N=C8Nc9ccc(-c%10ccc(C(F)(F)F)cc%10C)c%10cccc8c9%10)nc7)cc6)cc5)cc4)cc3)cn2)c(C(F)(F)F)c1. The average molecular weight is 1370 g/mol. The number of nitrogens with one attached hydrogen (secondary N) is 2. The summed E-state index contributed by atoms with van der Waals surface area (Å²) in [6, 6.07) is 90.8. The number of hydrogen-bond acceptors (Lipinski definition) is 8. The van der Waals surface area contributed by atoms with E-state index in [1.54, 1.807) is 38.4 Å². The first-order chi connectivity index (χ1) is 50.5. The summed E-state index contributed by atoms with van der Waals surface area (Å²) in [4.78, 5) is 23.5. The summed E-state index contributed by atoms with van der Waals surface area (Å²) >= 11 is 0. The van der Waals surface area contributed by atoms with Crippen LogP contribution in [0.5, 0.6) is 0 Å². The number of amidine groups is 2. The number of anilines is 8. The van der Waals surface area contributed by atoms with Gasteiger partial charge in [0.05, 0.1) is 22.3 Å². The highest BCUT2D eigenvalue weighted by Crippen LogP contribution is 2.47. The van der Waals surface area contributed by atoms with Crippen molar-refractivity contribution in [2.45, 2.75) is 26.2 Å². The van der Waals surface area contributed by atoms with E-state index in [9.17, 15) is 36.9 Å². The summed E-state index contributed by atoms with van der Waals surface area (Å²) in [5.41, 5.74) is 15.5. The Morgan fingerprint density at radius 1 is 0.375 bits per heavy atom. The van der Waals surface area contributed by atoms with Crippen LogP contribution in [0.2, 0.25) is 0 Å². The Bertz CT molecular complexity index is 5880. The van der Waals surface area contributed by atoms with Gasteiger partial charge in [-0.1, -0.05) is 151 Å². The third-order valence-electron chi connectivity index (χ3n) is 18.9. The molecule has 2 N–H and O–H groups in total. The van der Waals surface area contributed by atoms with Crippen molar-refractivity contribution in [3.63, 3.8) is 0 Å². The summed E-state index contributed by atoms with van der Waals surface area (Å²) in [7, 11) is 0. The zero-order valence-corrected chi connectivity index (χ0v) is 55.6. The molecule has 0 aliphatic carbocycles. The molecule has 16 rings (SSSR count). The van der Waals surface area contributed by atoms with Gasteiger partial charge in [-0.05, 0) is 208 Å². The number of allylic oxidation sites excluding steroid dienone is 2. The number of aliphatic imine (C=N–C) groups is 2. The van der Waals surface area contributed by atoms with Crippen LogP contribution in [0.3, 0.4) is 0 Å². The lowest BCUT2D eigenvalue weighted by molar-refractivity contribution is -0.138. The predicted molar refractivity (Wildman–Crippen MR) is 405 cm³/mol. The van der Waals surface area contributed by atoms with E-state index in [0.29, 0.717) is 56.5 Å². The van der Waals surface area contributed by atoms with Gasteiger partial charge in [-0.3, -0.25) is 0 Å². The Morgan fingerprint density at radius 3 is 1.25 bits per heavy atom. The van der Waals surface area contributed by atoms with E-state index in [2.05, 4.69) is 32.6 Å². The molecule has 10 nitrogen and oxygen atoms in total. The number of halogens is 6. The molecule has 4 heterocycles. The molecule has 0 radical (unpaired) electrons. The number of nitrogens with zero attached hydrogens (tertiary/aromatic N) is 8. The van der Waals surface area contributed by atoms with E-state index in [-0.39, 0.29) is 16.7 Å². The van der Waals surface area contributed by atoms with Crippen LogP contribution in [0.15, 0.2) is 301 Å². The van der Waals surface area contributed by atoms with E-state index >= 15 is 0 Å². The summed E-state index contributed by atoms with van der Waals surface area (Å²) in [5, 5.41) is 31.7. The third-order valence-corrected chi connectivity index (χ3v) is 18.9. The first kappa shape index (κ1) is 64.9.